The summed E-state index contributed by atoms with van der Waals surface area (Å²) in [4.78, 5) is 0. The number of hydrogen-bond donors (Lipinski definition) is 2. The topological polar surface area (TPSA) is 41.9 Å². The fourth-order valence-electron chi connectivity index (χ4n) is 3.50. The van der Waals surface area contributed by atoms with Crippen molar-refractivity contribution in [3.05, 3.63) is 11.8 Å². The van der Waals surface area contributed by atoms with Crippen molar-refractivity contribution in [1.82, 2.24) is 15.1 Å². The molecule has 0 aromatic carbocycles. The van der Waals surface area contributed by atoms with E-state index in [1.165, 1.54) is 43.7 Å². The number of piperidine rings is 1. The van der Waals surface area contributed by atoms with Crippen molar-refractivity contribution in [2.24, 2.45) is 11.8 Å². The molecule has 4 nitrogen and oxygen atoms in total. The van der Waals surface area contributed by atoms with E-state index in [0.717, 1.165) is 31.3 Å². The Bertz CT molecular complexity index is 432. The van der Waals surface area contributed by atoms with Crippen LogP contribution in [-0.2, 0) is 6.42 Å². The Hall–Kier alpha value is -1.03. The molecule has 112 valence electrons. The predicted octanol–water partition coefficient (Wildman–Crippen LogP) is 2.83. The lowest BCUT2D eigenvalue weighted by atomic mass is 9.89. The molecule has 2 aliphatic heterocycles. The number of aromatic nitrogens is 2. The predicted molar refractivity (Wildman–Crippen MR) is 83.1 cm³/mol. The van der Waals surface area contributed by atoms with E-state index in [0.29, 0.717) is 6.04 Å². The van der Waals surface area contributed by atoms with Gasteiger partial charge in [-0.15, -0.1) is 0 Å². The lowest BCUT2D eigenvalue weighted by molar-refractivity contribution is 0.235. The van der Waals surface area contributed by atoms with Crippen LogP contribution in [0.15, 0.2) is 6.07 Å². The Morgan fingerprint density at radius 1 is 1.35 bits per heavy atom. The summed E-state index contributed by atoms with van der Waals surface area (Å²) in [5.74, 6) is 2.74. The van der Waals surface area contributed by atoms with Gasteiger partial charge in [0, 0.05) is 12.6 Å². The highest BCUT2D eigenvalue weighted by molar-refractivity contribution is 5.39. The van der Waals surface area contributed by atoms with Crippen LogP contribution in [0.4, 0.5) is 5.82 Å². The van der Waals surface area contributed by atoms with Crippen LogP contribution < -0.4 is 10.6 Å². The Labute approximate surface area is 122 Å². The first-order valence-electron chi connectivity index (χ1n) is 8.27. The number of anilines is 1. The number of nitrogens with one attached hydrogen (secondary N) is 2. The highest BCUT2D eigenvalue weighted by atomic mass is 15.4. The first-order chi connectivity index (χ1) is 9.74. The molecule has 2 unspecified atom stereocenters. The van der Waals surface area contributed by atoms with Crippen LogP contribution in [0.25, 0.3) is 0 Å². The molecule has 0 aliphatic carbocycles. The van der Waals surface area contributed by atoms with E-state index >= 15 is 0 Å². The third-order valence-corrected chi connectivity index (χ3v) is 4.70. The SMILES string of the molecule is CC(C)CCc1cc2n(n1)C(C1CCCNC1)CCN2. The minimum atomic E-state index is 0.590. The average molecular weight is 276 g/mol. The molecule has 20 heavy (non-hydrogen) atoms. The standard InChI is InChI=1S/C16H28N4/c1-12(2)5-6-14-10-16-18-9-7-15(20(16)19-14)13-4-3-8-17-11-13/h10,12-13,15,17-18H,3-9,11H2,1-2H3. The van der Waals surface area contributed by atoms with E-state index in [4.69, 9.17) is 5.10 Å². The molecule has 0 bridgehead atoms. The average Bonchev–Trinajstić information content (AvgIpc) is 2.89. The van der Waals surface area contributed by atoms with E-state index in [9.17, 15) is 0 Å². The minimum absolute atomic E-state index is 0.590. The van der Waals surface area contributed by atoms with Gasteiger partial charge in [-0.1, -0.05) is 13.8 Å². The fourth-order valence-corrected chi connectivity index (χ4v) is 3.50. The van der Waals surface area contributed by atoms with E-state index in [-0.39, 0.29) is 0 Å². The zero-order chi connectivity index (χ0) is 13.9. The summed E-state index contributed by atoms with van der Waals surface area (Å²) in [7, 11) is 0. The third-order valence-electron chi connectivity index (χ3n) is 4.70. The van der Waals surface area contributed by atoms with Gasteiger partial charge in [0.25, 0.3) is 0 Å². The molecule has 1 aromatic rings. The van der Waals surface area contributed by atoms with E-state index in [1.807, 2.05) is 0 Å². The molecule has 1 saturated heterocycles. The molecule has 0 spiro atoms. The zero-order valence-electron chi connectivity index (χ0n) is 12.9. The van der Waals surface area contributed by atoms with Gasteiger partial charge in [0.1, 0.15) is 5.82 Å². The van der Waals surface area contributed by atoms with E-state index in [1.54, 1.807) is 0 Å². The lowest BCUT2D eigenvalue weighted by Gasteiger charge is -2.34. The third kappa shape index (κ3) is 3.00. The number of aryl methyl sites for hydroxylation is 1. The molecule has 2 atom stereocenters. The van der Waals surface area contributed by atoms with Gasteiger partial charge in [0.05, 0.1) is 11.7 Å². The summed E-state index contributed by atoms with van der Waals surface area (Å²) in [6.45, 7) is 8.00. The fraction of sp³-hybridized carbons (Fsp3) is 0.812. The monoisotopic (exact) mass is 276 g/mol. The number of rotatable bonds is 4. The van der Waals surface area contributed by atoms with Crippen LogP contribution in [0, 0.1) is 11.8 Å². The second kappa shape index (κ2) is 6.17. The second-order valence-corrected chi connectivity index (χ2v) is 6.79. The molecule has 2 N–H and O–H groups in total. The van der Waals surface area contributed by atoms with Crippen LogP contribution in [0.3, 0.4) is 0 Å². The number of hydrogen-bond acceptors (Lipinski definition) is 3. The lowest BCUT2D eigenvalue weighted by Crippen LogP contribution is -2.38. The first kappa shape index (κ1) is 13.9. The molecular formula is C16H28N4. The van der Waals surface area contributed by atoms with Crippen LogP contribution in [0.5, 0.6) is 0 Å². The summed E-state index contributed by atoms with van der Waals surface area (Å²) in [5.41, 5.74) is 1.26. The molecular weight excluding hydrogens is 248 g/mol. The summed E-state index contributed by atoms with van der Waals surface area (Å²) in [6, 6.07) is 2.86. The Balaban J connectivity index is 1.73. The smallest absolute Gasteiger partial charge is 0.124 e. The van der Waals surface area contributed by atoms with Crippen molar-refractivity contribution >= 4 is 5.82 Å². The highest BCUT2D eigenvalue weighted by Gasteiger charge is 2.29. The number of nitrogens with zero attached hydrogens (tertiary/aromatic N) is 2. The van der Waals surface area contributed by atoms with Gasteiger partial charge in [-0.05, 0) is 57.0 Å². The van der Waals surface area contributed by atoms with Crippen molar-refractivity contribution in [3.8, 4) is 0 Å². The van der Waals surface area contributed by atoms with Gasteiger partial charge in [0.15, 0.2) is 0 Å². The quantitative estimate of drug-likeness (QED) is 0.888. The molecule has 2 aliphatic rings. The molecule has 3 rings (SSSR count). The maximum Gasteiger partial charge on any atom is 0.124 e. The summed E-state index contributed by atoms with van der Waals surface area (Å²) < 4.78 is 2.29. The Kier molecular flexibility index (Phi) is 4.29. The normalized spacial score (nSPS) is 26.4. The van der Waals surface area contributed by atoms with Gasteiger partial charge < -0.3 is 10.6 Å². The minimum Gasteiger partial charge on any atom is -0.370 e. The van der Waals surface area contributed by atoms with Crippen LogP contribution >= 0.6 is 0 Å². The van der Waals surface area contributed by atoms with Gasteiger partial charge in [-0.25, -0.2) is 4.68 Å². The largest absolute Gasteiger partial charge is 0.370 e. The van der Waals surface area contributed by atoms with Crippen molar-refractivity contribution in [3.63, 3.8) is 0 Å². The van der Waals surface area contributed by atoms with Crippen LogP contribution in [0.1, 0.15) is 51.3 Å². The van der Waals surface area contributed by atoms with E-state index in [2.05, 4.69) is 35.2 Å². The second-order valence-electron chi connectivity index (χ2n) is 6.79. The van der Waals surface area contributed by atoms with Gasteiger partial charge in [-0.2, -0.15) is 5.10 Å². The summed E-state index contributed by atoms with van der Waals surface area (Å²) in [5, 5.41) is 12.0. The van der Waals surface area contributed by atoms with Crippen molar-refractivity contribution < 1.29 is 0 Å². The summed E-state index contributed by atoms with van der Waals surface area (Å²) in [6.07, 6.45) is 6.20. The van der Waals surface area contributed by atoms with Crippen molar-refractivity contribution in [1.29, 1.82) is 0 Å². The van der Waals surface area contributed by atoms with Gasteiger partial charge in [0.2, 0.25) is 0 Å². The van der Waals surface area contributed by atoms with Gasteiger partial charge in [-0.3, -0.25) is 0 Å². The van der Waals surface area contributed by atoms with E-state index < -0.39 is 0 Å². The Morgan fingerprint density at radius 3 is 3.00 bits per heavy atom. The summed E-state index contributed by atoms with van der Waals surface area (Å²) >= 11 is 0. The van der Waals surface area contributed by atoms with Crippen molar-refractivity contribution in [2.75, 3.05) is 25.0 Å². The van der Waals surface area contributed by atoms with Gasteiger partial charge >= 0.3 is 0 Å². The number of fused-ring (bicyclic) bond motifs is 1. The van der Waals surface area contributed by atoms with Crippen molar-refractivity contribution in [2.45, 2.75) is 52.0 Å². The molecule has 0 radical (unpaired) electrons. The van der Waals surface area contributed by atoms with Crippen LogP contribution in [0.2, 0.25) is 0 Å². The molecule has 0 saturated carbocycles. The molecule has 3 heterocycles. The zero-order valence-corrected chi connectivity index (χ0v) is 12.9. The first-order valence-corrected chi connectivity index (χ1v) is 8.27. The molecule has 0 amide bonds. The maximum absolute atomic E-state index is 4.91. The molecule has 4 heteroatoms. The highest BCUT2D eigenvalue weighted by Crippen LogP contribution is 2.33. The molecule has 1 aromatic heterocycles. The van der Waals surface area contributed by atoms with Crippen LogP contribution in [-0.4, -0.2) is 29.4 Å². The maximum atomic E-state index is 4.91. The Morgan fingerprint density at radius 2 is 2.25 bits per heavy atom. The molecule has 1 fully saturated rings.